The van der Waals surface area contributed by atoms with Crippen molar-refractivity contribution in [3.8, 4) is 5.88 Å². The summed E-state index contributed by atoms with van der Waals surface area (Å²) in [7, 11) is 0. The highest BCUT2D eigenvalue weighted by Gasteiger charge is 2.23. The fourth-order valence-corrected chi connectivity index (χ4v) is 2.45. The predicted molar refractivity (Wildman–Crippen MR) is 78.1 cm³/mol. The minimum atomic E-state index is -0.0323. The van der Waals surface area contributed by atoms with Crippen LogP contribution in [0.4, 0.5) is 0 Å². The van der Waals surface area contributed by atoms with Gasteiger partial charge in [-0.15, -0.1) is 0 Å². The monoisotopic (exact) mass is 283 g/mol. The summed E-state index contributed by atoms with van der Waals surface area (Å²) in [5, 5.41) is 0. The first kappa shape index (κ1) is 13.5. The van der Waals surface area contributed by atoms with Gasteiger partial charge in [0, 0.05) is 31.8 Å². The maximum atomic E-state index is 12.4. The van der Waals surface area contributed by atoms with Gasteiger partial charge in [-0.3, -0.25) is 9.78 Å². The number of rotatable bonds is 3. The van der Waals surface area contributed by atoms with E-state index in [0.717, 1.165) is 17.7 Å². The quantitative estimate of drug-likeness (QED) is 0.865. The first-order valence-electron chi connectivity index (χ1n) is 7.10. The van der Waals surface area contributed by atoms with Gasteiger partial charge in [0.15, 0.2) is 0 Å². The molecule has 1 aliphatic heterocycles. The summed E-state index contributed by atoms with van der Waals surface area (Å²) in [6.07, 6.45) is 2.38. The van der Waals surface area contributed by atoms with E-state index in [9.17, 15) is 4.79 Å². The maximum absolute atomic E-state index is 12.4. The Morgan fingerprint density at radius 3 is 3.00 bits per heavy atom. The second kappa shape index (κ2) is 5.91. The molecule has 0 spiro atoms. The Kier molecular flexibility index (Phi) is 3.81. The van der Waals surface area contributed by atoms with E-state index in [1.54, 1.807) is 12.3 Å². The topological polar surface area (TPSA) is 55.3 Å². The van der Waals surface area contributed by atoms with Crippen LogP contribution in [0.15, 0.2) is 36.5 Å². The minimum absolute atomic E-state index is 0.0323. The van der Waals surface area contributed by atoms with Crippen LogP contribution in [0.3, 0.4) is 0 Å². The van der Waals surface area contributed by atoms with Crippen molar-refractivity contribution in [2.24, 2.45) is 0 Å². The van der Waals surface area contributed by atoms with Crippen molar-refractivity contribution >= 4 is 5.91 Å². The Hall–Kier alpha value is -2.43. The Morgan fingerprint density at radius 2 is 2.24 bits per heavy atom. The third-order valence-electron chi connectivity index (χ3n) is 3.49. The van der Waals surface area contributed by atoms with Gasteiger partial charge in [-0.05, 0) is 24.6 Å². The molecule has 21 heavy (non-hydrogen) atoms. The van der Waals surface area contributed by atoms with Crippen LogP contribution < -0.4 is 4.74 Å². The van der Waals surface area contributed by atoms with Gasteiger partial charge in [0.2, 0.25) is 5.88 Å². The number of amides is 1. The predicted octanol–water partition coefficient (Wildman–Crippen LogP) is 2.07. The number of pyridine rings is 2. The molecular weight excluding hydrogens is 266 g/mol. The van der Waals surface area contributed by atoms with Gasteiger partial charge >= 0.3 is 0 Å². The van der Waals surface area contributed by atoms with Gasteiger partial charge < -0.3 is 9.64 Å². The molecule has 0 atom stereocenters. The number of hydrogen-bond donors (Lipinski definition) is 0. The first-order valence-corrected chi connectivity index (χ1v) is 7.10. The zero-order valence-corrected chi connectivity index (χ0v) is 12.0. The molecule has 108 valence electrons. The lowest BCUT2D eigenvalue weighted by Crippen LogP contribution is -2.36. The molecule has 3 rings (SSSR count). The maximum Gasteiger partial charge on any atom is 0.272 e. The second-order valence-corrected chi connectivity index (χ2v) is 4.88. The normalized spacial score (nSPS) is 13.7. The van der Waals surface area contributed by atoms with E-state index in [0.29, 0.717) is 31.3 Å². The average Bonchev–Trinajstić information content (AvgIpc) is 2.55. The van der Waals surface area contributed by atoms with Gasteiger partial charge in [0.05, 0.1) is 12.3 Å². The van der Waals surface area contributed by atoms with E-state index in [-0.39, 0.29) is 5.91 Å². The van der Waals surface area contributed by atoms with Crippen molar-refractivity contribution in [3.63, 3.8) is 0 Å². The van der Waals surface area contributed by atoms with Gasteiger partial charge in [0.1, 0.15) is 5.69 Å². The molecule has 2 aromatic rings. The fourth-order valence-electron chi connectivity index (χ4n) is 2.45. The number of fused-ring (bicyclic) bond motifs is 1. The molecule has 0 fully saturated rings. The molecule has 1 amide bonds. The van der Waals surface area contributed by atoms with Crippen molar-refractivity contribution < 1.29 is 9.53 Å². The van der Waals surface area contributed by atoms with Crippen molar-refractivity contribution in [1.29, 1.82) is 0 Å². The van der Waals surface area contributed by atoms with E-state index >= 15 is 0 Å². The Morgan fingerprint density at radius 1 is 1.33 bits per heavy atom. The first-order chi connectivity index (χ1) is 10.3. The highest BCUT2D eigenvalue weighted by atomic mass is 16.5. The minimum Gasteiger partial charge on any atom is -0.478 e. The molecule has 0 saturated carbocycles. The molecule has 0 saturated heterocycles. The summed E-state index contributed by atoms with van der Waals surface area (Å²) in [4.78, 5) is 22.8. The van der Waals surface area contributed by atoms with E-state index in [4.69, 9.17) is 4.74 Å². The largest absolute Gasteiger partial charge is 0.478 e. The molecular formula is C16H17N3O2. The lowest BCUT2D eigenvalue weighted by atomic mass is 10.1. The summed E-state index contributed by atoms with van der Waals surface area (Å²) in [5.74, 6) is 0.621. The van der Waals surface area contributed by atoms with E-state index < -0.39 is 0 Å². The Bertz CT molecular complexity index is 643. The number of carbonyl (C=O) groups is 1. The lowest BCUT2D eigenvalue weighted by Gasteiger charge is -2.28. The molecule has 0 aromatic carbocycles. The van der Waals surface area contributed by atoms with Crippen LogP contribution in [0, 0.1) is 0 Å². The molecule has 3 heterocycles. The van der Waals surface area contributed by atoms with E-state index in [2.05, 4.69) is 9.97 Å². The van der Waals surface area contributed by atoms with Crippen LogP contribution in [0.2, 0.25) is 0 Å². The Labute approximate surface area is 123 Å². The van der Waals surface area contributed by atoms with E-state index in [1.807, 2.05) is 36.1 Å². The van der Waals surface area contributed by atoms with Crippen molar-refractivity contribution in [2.75, 3.05) is 13.2 Å². The fraction of sp³-hybridized carbons (Fsp3) is 0.312. The third-order valence-corrected chi connectivity index (χ3v) is 3.49. The molecule has 0 aliphatic carbocycles. The molecule has 5 heteroatoms. The Balaban J connectivity index is 1.77. The SMILES string of the molecule is CCOc1ccc2c(n1)CCN(C(=O)c1ccccn1)C2. The summed E-state index contributed by atoms with van der Waals surface area (Å²) >= 11 is 0. The van der Waals surface area contributed by atoms with Crippen LogP contribution in [-0.4, -0.2) is 33.9 Å². The standard InChI is InChI=1S/C16H17N3O2/c1-2-21-15-7-6-12-11-19(10-8-13(12)18-15)16(20)14-5-3-4-9-17-14/h3-7,9H,2,8,10-11H2,1H3. The molecule has 0 bridgehead atoms. The van der Waals surface area contributed by atoms with Crippen molar-refractivity contribution in [2.45, 2.75) is 19.9 Å². The zero-order valence-electron chi connectivity index (χ0n) is 12.0. The van der Waals surface area contributed by atoms with E-state index in [1.165, 1.54) is 0 Å². The number of nitrogens with zero attached hydrogens (tertiary/aromatic N) is 3. The molecule has 5 nitrogen and oxygen atoms in total. The average molecular weight is 283 g/mol. The van der Waals surface area contributed by atoms with Gasteiger partial charge in [0.25, 0.3) is 5.91 Å². The molecule has 0 unspecified atom stereocenters. The van der Waals surface area contributed by atoms with Gasteiger partial charge in [-0.25, -0.2) is 4.98 Å². The summed E-state index contributed by atoms with van der Waals surface area (Å²) in [5.41, 5.74) is 2.58. The van der Waals surface area contributed by atoms with Crippen molar-refractivity contribution in [3.05, 3.63) is 53.5 Å². The highest BCUT2D eigenvalue weighted by molar-refractivity contribution is 5.92. The number of hydrogen-bond acceptors (Lipinski definition) is 4. The van der Waals surface area contributed by atoms with Crippen LogP contribution in [0.25, 0.3) is 0 Å². The summed E-state index contributed by atoms with van der Waals surface area (Å²) < 4.78 is 5.41. The molecule has 0 N–H and O–H groups in total. The smallest absolute Gasteiger partial charge is 0.272 e. The number of carbonyl (C=O) groups excluding carboxylic acids is 1. The van der Waals surface area contributed by atoms with Crippen LogP contribution in [0.1, 0.15) is 28.7 Å². The highest BCUT2D eigenvalue weighted by Crippen LogP contribution is 2.21. The molecule has 1 aliphatic rings. The zero-order chi connectivity index (χ0) is 14.7. The van der Waals surface area contributed by atoms with Crippen LogP contribution >= 0.6 is 0 Å². The lowest BCUT2D eigenvalue weighted by molar-refractivity contribution is 0.0727. The summed E-state index contributed by atoms with van der Waals surface area (Å²) in [6.45, 7) is 3.78. The number of ether oxygens (including phenoxy) is 1. The molecule has 0 radical (unpaired) electrons. The second-order valence-electron chi connectivity index (χ2n) is 4.88. The van der Waals surface area contributed by atoms with Gasteiger partial charge in [-0.1, -0.05) is 12.1 Å². The van der Waals surface area contributed by atoms with Crippen LogP contribution in [0.5, 0.6) is 5.88 Å². The van der Waals surface area contributed by atoms with Crippen molar-refractivity contribution in [1.82, 2.24) is 14.9 Å². The van der Waals surface area contributed by atoms with Crippen LogP contribution in [-0.2, 0) is 13.0 Å². The van der Waals surface area contributed by atoms with Gasteiger partial charge in [-0.2, -0.15) is 0 Å². The molecule has 2 aromatic heterocycles. The number of aromatic nitrogens is 2. The third kappa shape index (κ3) is 2.86. The summed E-state index contributed by atoms with van der Waals surface area (Å²) in [6, 6.07) is 9.23.